The first-order chi connectivity index (χ1) is 10.2. The van der Waals surface area contributed by atoms with Gasteiger partial charge in [-0.05, 0) is 43.8 Å². The van der Waals surface area contributed by atoms with Crippen LogP contribution in [0.25, 0.3) is 0 Å². The summed E-state index contributed by atoms with van der Waals surface area (Å²) in [4.78, 5) is 3.97. The van der Waals surface area contributed by atoms with Gasteiger partial charge in [-0.15, -0.1) is 11.3 Å². The summed E-state index contributed by atoms with van der Waals surface area (Å²) in [6, 6.07) is 16.7. The average molecular weight is 300 g/mol. The Bertz CT molecular complexity index is 536. The molecule has 3 rings (SSSR count). The molecule has 0 amide bonds. The molecule has 1 aliphatic heterocycles. The largest absolute Gasteiger partial charge is 0.301 e. The second-order valence-electron chi connectivity index (χ2n) is 6.10. The molecule has 0 spiro atoms. The lowest BCUT2D eigenvalue weighted by molar-refractivity contribution is 0.267. The SMILES string of the molecule is CC(C)N1CCC(NC(c2ccccc2)c2cccs2)C1. The Morgan fingerprint density at radius 3 is 2.57 bits per heavy atom. The summed E-state index contributed by atoms with van der Waals surface area (Å²) in [5.41, 5.74) is 1.36. The summed E-state index contributed by atoms with van der Waals surface area (Å²) in [7, 11) is 0. The molecule has 2 aromatic rings. The zero-order valence-electron chi connectivity index (χ0n) is 12.8. The highest BCUT2D eigenvalue weighted by molar-refractivity contribution is 7.10. The van der Waals surface area contributed by atoms with Gasteiger partial charge in [0.05, 0.1) is 6.04 Å². The highest BCUT2D eigenvalue weighted by Crippen LogP contribution is 2.27. The van der Waals surface area contributed by atoms with E-state index in [0.717, 1.165) is 6.54 Å². The van der Waals surface area contributed by atoms with E-state index in [1.165, 1.54) is 23.4 Å². The first-order valence-corrected chi connectivity index (χ1v) is 8.70. The van der Waals surface area contributed by atoms with Crippen molar-refractivity contribution < 1.29 is 0 Å². The van der Waals surface area contributed by atoms with Crippen LogP contribution in [-0.4, -0.2) is 30.1 Å². The standard InChI is InChI=1S/C18H24N2S/c1-14(2)20-11-10-16(13-20)19-18(17-9-6-12-21-17)15-7-4-3-5-8-15/h3-9,12,14,16,18-19H,10-11,13H2,1-2H3. The van der Waals surface area contributed by atoms with Gasteiger partial charge in [-0.3, -0.25) is 4.90 Å². The maximum absolute atomic E-state index is 3.89. The van der Waals surface area contributed by atoms with Crippen molar-refractivity contribution in [2.75, 3.05) is 13.1 Å². The van der Waals surface area contributed by atoms with Crippen molar-refractivity contribution in [3.05, 3.63) is 58.3 Å². The van der Waals surface area contributed by atoms with Crippen molar-refractivity contribution in [3.8, 4) is 0 Å². The van der Waals surface area contributed by atoms with E-state index in [1.54, 1.807) is 0 Å². The van der Waals surface area contributed by atoms with Crippen molar-refractivity contribution >= 4 is 11.3 Å². The molecule has 0 bridgehead atoms. The Morgan fingerprint density at radius 2 is 1.95 bits per heavy atom. The van der Waals surface area contributed by atoms with Gasteiger partial charge in [-0.1, -0.05) is 36.4 Å². The maximum Gasteiger partial charge on any atom is 0.0673 e. The van der Waals surface area contributed by atoms with Gasteiger partial charge in [0.2, 0.25) is 0 Å². The molecular formula is C18H24N2S. The number of thiophene rings is 1. The lowest BCUT2D eigenvalue weighted by Gasteiger charge is -2.24. The van der Waals surface area contributed by atoms with Gasteiger partial charge in [0, 0.05) is 23.5 Å². The molecule has 1 fully saturated rings. The molecule has 2 nitrogen and oxygen atoms in total. The van der Waals surface area contributed by atoms with E-state index in [1.807, 2.05) is 11.3 Å². The van der Waals surface area contributed by atoms with Crippen LogP contribution in [0.1, 0.15) is 36.8 Å². The van der Waals surface area contributed by atoms with Crippen LogP contribution in [0.5, 0.6) is 0 Å². The second kappa shape index (κ2) is 6.73. The van der Waals surface area contributed by atoms with Crippen LogP contribution in [0.3, 0.4) is 0 Å². The van der Waals surface area contributed by atoms with E-state index in [4.69, 9.17) is 0 Å². The number of hydrogen-bond donors (Lipinski definition) is 1. The third kappa shape index (κ3) is 3.54. The highest BCUT2D eigenvalue weighted by Gasteiger charge is 2.27. The molecule has 1 aromatic heterocycles. The van der Waals surface area contributed by atoms with Gasteiger partial charge in [0.15, 0.2) is 0 Å². The van der Waals surface area contributed by atoms with Gasteiger partial charge in [0.1, 0.15) is 0 Å². The van der Waals surface area contributed by atoms with E-state index in [-0.39, 0.29) is 0 Å². The highest BCUT2D eigenvalue weighted by atomic mass is 32.1. The number of hydrogen-bond acceptors (Lipinski definition) is 3. The van der Waals surface area contributed by atoms with Crippen LogP contribution in [0.2, 0.25) is 0 Å². The summed E-state index contributed by atoms with van der Waals surface area (Å²) in [6.45, 7) is 6.94. The Hall–Kier alpha value is -1.16. The molecule has 1 aliphatic rings. The lowest BCUT2D eigenvalue weighted by Crippen LogP contribution is -2.37. The first kappa shape index (κ1) is 14.8. The predicted octanol–water partition coefficient (Wildman–Crippen LogP) is 3.91. The molecule has 0 radical (unpaired) electrons. The number of likely N-dealkylation sites (tertiary alicyclic amines) is 1. The smallest absolute Gasteiger partial charge is 0.0673 e. The Kier molecular flexibility index (Phi) is 4.73. The summed E-state index contributed by atoms with van der Waals surface area (Å²) < 4.78 is 0. The molecule has 2 unspecified atom stereocenters. The van der Waals surface area contributed by atoms with E-state index < -0.39 is 0 Å². The zero-order valence-corrected chi connectivity index (χ0v) is 13.6. The summed E-state index contributed by atoms with van der Waals surface area (Å²) in [5.74, 6) is 0. The molecule has 0 aliphatic carbocycles. The second-order valence-corrected chi connectivity index (χ2v) is 7.08. The van der Waals surface area contributed by atoms with Gasteiger partial charge >= 0.3 is 0 Å². The average Bonchev–Trinajstić information content (AvgIpc) is 3.17. The van der Waals surface area contributed by atoms with Gasteiger partial charge < -0.3 is 5.32 Å². The predicted molar refractivity (Wildman–Crippen MR) is 90.9 cm³/mol. The van der Waals surface area contributed by atoms with Crippen molar-refractivity contribution in [2.45, 2.75) is 38.4 Å². The van der Waals surface area contributed by atoms with Crippen molar-refractivity contribution in [3.63, 3.8) is 0 Å². The number of nitrogens with one attached hydrogen (secondary N) is 1. The molecule has 3 heteroatoms. The van der Waals surface area contributed by atoms with Crippen LogP contribution in [0.15, 0.2) is 47.8 Å². The van der Waals surface area contributed by atoms with Crippen molar-refractivity contribution in [2.24, 2.45) is 0 Å². The normalized spacial score (nSPS) is 21.0. The molecule has 0 saturated carbocycles. The van der Waals surface area contributed by atoms with E-state index in [2.05, 4.69) is 71.9 Å². The van der Waals surface area contributed by atoms with Crippen molar-refractivity contribution in [1.29, 1.82) is 0 Å². The minimum atomic E-state index is 0.323. The Labute approximate surface area is 131 Å². The fraction of sp³-hybridized carbons (Fsp3) is 0.444. The first-order valence-electron chi connectivity index (χ1n) is 7.82. The lowest BCUT2D eigenvalue weighted by atomic mass is 10.0. The summed E-state index contributed by atoms with van der Waals surface area (Å²) in [6.07, 6.45) is 1.24. The molecular weight excluding hydrogens is 276 g/mol. The van der Waals surface area contributed by atoms with Gasteiger partial charge in [-0.2, -0.15) is 0 Å². The van der Waals surface area contributed by atoms with Crippen LogP contribution in [-0.2, 0) is 0 Å². The molecule has 1 aromatic carbocycles. The number of rotatable bonds is 5. The topological polar surface area (TPSA) is 15.3 Å². The Morgan fingerprint density at radius 1 is 1.14 bits per heavy atom. The van der Waals surface area contributed by atoms with Crippen LogP contribution in [0, 0.1) is 0 Å². The molecule has 2 atom stereocenters. The maximum atomic E-state index is 3.89. The molecule has 21 heavy (non-hydrogen) atoms. The van der Waals surface area contributed by atoms with Crippen LogP contribution >= 0.6 is 11.3 Å². The van der Waals surface area contributed by atoms with Crippen LogP contribution in [0.4, 0.5) is 0 Å². The fourth-order valence-corrected chi connectivity index (χ4v) is 3.88. The fourth-order valence-electron chi connectivity index (χ4n) is 3.07. The van der Waals surface area contributed by atoms with Gasteiger partial charge in [-0.25, -0.2) is 0 Å². The minimum Gasteiger partial charge on any atom is -0.301 e. The van der Waals surface area contributed by atoms with E-state index in [0.29, 0.717) is 18.1 Å². The monoisotopic (exact) mass is 300 g/mol. The molecule has 112 valence electrons. The van der Waals surface area contributed by atoms with Crippen molar-refractivity contribution in [1.82, 2.24) is 10.2 Å². The Balaban J connectivity index is 1.75. The summed E-state index contributed by atoms with van der Waals surface area (Å²) >= 11 is 1.84. The zero-order chi connectivity index (χ0) is 14.7. The molecule has 1 N–H and O–H groups in total. The third-order valence-corrected chi connectivity index (χ3v) is 5.25. The van der Waals surface area contributed by atoms with Crippen LogP contribution < -0.4 is 5.32 Å². The molecule has 2 heterocycles. The number of nitrogens with zero attached hydrogens (tertiary/aromatic N) is 1. The van der Waals surface area contributed by atoms with E-state index >= 15 is 0 Å². The quantitative estimate of drug-likeness (QED) is 0.900. The van der Waals surface area contributed by atoms with E-state index in [9.17, 15) is 0 Å². The third-order valence-electron chi connectivity index (χ3n) is 4.31. The minimum absolute atomic E-state index is 0.323. The summed E-state index contributed by atoms with van der Waals surface area (Å²) in [5, 5.41) is 6.06. The number of benzene rings is 1. The van der Waals surface area contributed by atoms with Gasteiger partial charge in [0.25, 0.3) is 0 Å². The molecule has 1 saturated heterocycles.